The predicted molar refractivity (Wildman–Crippen MR) is 70.3 cm³/mol. The van der Waals surface area contributed by atoms with E-state index in [0.717, 1.165) is 18.0 Å². The number of nitrogens with zero attached hydrogens (tertiary/aromatic N) is 1. The average Bonchev–Trinajstić information content (AvgIpc) is 2.95. The van der Waals surface area contributed by atoms with E-state index in [1.165, 1.54) is 11.3 Å². The van der Waals surface area contributed by atoms with Crippen LogP contribution in [0.4, 0.5) is 5.00 Å². The summed E-state index contributed by atoms with van der Waals surface area (Å²) in [4.78, 5) is 25.0. The Balaban J connectivity index is 2.13. The second kappa shape index (κ2) is 4.61. The molecule has 98 valence electrons. The predicted octanol–water partition coefficient (Wildman–Crippen LogP) is 1.41. The summed E-state index contributed by atoms with van der Waals surface area (Å²) in [6.45, 7) is 3.35. The van der Waals surface area contributed by atoms with Crippen molar-refractivity contribution in [2.75, 3.05) is 25.0 Å². The molecule has 18 heavy (non-hydrogen) atoms. The zero-order chi connectivity index (χ0) is 13.3. The molecule has 2 heterocycles. The molecule has 0 spiro atoms. The van der Waals surface area contributed by atoms with Crippen LogP contribution in [-0.4, -0.2) is 37.1 Å². The zero-order valence-corrected chi connectivity index (χ0v) is 11.2. The fraction of sp³-hybridized carbons (Fsp3) is 0.500. The zero-order valence-electron chi connectivity index (χ0n) is 10.4. The van der Waals surface area contributed by atoms with E-state index in [2.05, 4.69) is 10.2 Å². The quantitative estimate of drug-likeness (QED) is 0.869. The van der Waals surface area contributed by atoms with Crippen LogP contribution in [0.25, 0.3) is 0 Å². The molecule has 1 aromatic heterocycles. The number of carbonyl (C=O) groups is 2. The third-order valence-electron chi connectivity index (χ3n) is 3.36. The van der Waals surface area contributed by atoms with Crippen molar-refractivity contribution in [2.24, 2.45) is 5.41 Å². The topological polar surface area (TPSA) is 69.6 Å². The molecule has 1 fully saturated rings. The molecular formula is C12H16N2O3S. The maximum absolute atomic E-state index is 11.8. The number of rotatable bonds is 3. The Hall–Kier alpha value is -1.56. The molecule has 2 N–H and O–H groups in total. The average molecular weight is 268 g/mol. The number of aromatic carboxylic acids is 1. The van der Waals surface area contributed by atoms with Gasteiger partial charge in [0.05, 0.1) is 10.4 Å². The van der Waals surface area contributed by atoms with E-state index in [-0.39, 0.29) is 11.3 Å². The highest BCUT2D eigenvalue weighted by molar-refractivity contribution is 7.17. The van der Waals surface area contributed by atoms with Crippen LogP contribution in [-0.2, 0) is 4.79 Å². The minimum atomic E-state index is -0.903. The number of hydrogen-bond donors (Lipinski definition) is 2. The molecule has 0 aromatic carbocycles. The molecular weight excluding hydrogens is 252 g/mol. The van der Waals surface area contributed by atoms with Crippen LogP contribution < -0.4 is 10.2 Å². The number of nitrogens with one attached hydrogen (secondary N) is 1. The van der Waals surface area contributed by atoms with Gasteiger partial charge in [-0.2, -0.15) is 0 Å². The van der Waals surface area contributed by atoms with Crippen molar-refractivity contribution in [2.45, 2.75) is 13.3 Å². The van der Waals surface area contributed by atoms with Gasteiger partial charge < -0.3 is 15.3 Å². The van der Waals surface area contributed by atoms with Crippen LogP contribution in [0, 0.1) is 5.41 Å². The highest BCUT2D eigenvalue weighted by Crippen LogP contribution is 2.36. The van der Waals surface area contributed by atoms with Gasteiger partial charge in [-0.25, -0.2) is 4.79 Å². The van der Waals surface area contributed by atoms with Crippen LogP contribution in [0.15, 0.2) is 12.1 Å². The van der Waals surface area contributed by atoms with E-state index in [0.29, 0.717) is 11.4 Å². The molecule has 0 saturated carbocycles. The third-order valence-corrected chi connectivity index (χ3v) is 4.50. The first-order valence-corrected chi connectivity index (χ1v) is 6.58. The van der Waals surface area contributed by atoms with E-state index in [4.69, 9.17) is 5.11 Å². The first-order chi connectivity index (χ1) is 8.46. The summed E-state index contributed by atoms with van der Waals surface area (Å²) in [6, 6.07) is 3.42. The maximum atomic E-state index is 11.8. The van der Waals surface area contributed by atoms with Gasteiger partial charge in [0.1, 0.15) is 4.88 Å². The molecule has 1 saturated heterocycles. The van der Waals surface area contributed by atoms with Crippen molar-refractivity contribution >= 4 is 28.2 Å². The van der Waals surface area contributed by atoms with Crippen molar-refractivity contribution in [1.82, 2.24) is 5.32 Å². The number of hydrogen-bond acceptors (Lipinski definition) is 4. The smallest absolute Gasteiger partial charge is 0.345 e. The second-order valence-corrected chi connectivity index (χ2v) is 5.82. The third kappa shape index (κ3) is 2.20. The van der Waals surface area contributed by atoms with E-state index in [9.17, 15) is 9.59 Å². The normalized spacial score (nSPS) is 23.1. The summed E-state index contributed by atoms with van der Waals surface area (Å²) in [5.74, 6) is -0.862. The number of carboxylic acid groups (broad SMARTS) is 1. The Labute approximate surface area is 109 Å². The minimum absolute atomic E-state index is 0.0417. The Kier molecular flexibility index (Phi) is 3.30. The molecule has 0 radical (unpaired) electrons. The lowest BCUT2D eigenvalue weighted by molar-refractivity contribution is -0.128. The van der Waals surface area contributed by atoms with Gasteiger partial charge in [0.25, 0.3) is 0 Å². The van der Waals surface area contributed by atoms with Crippen LogP contribution in [0.3, 0.4) is 0 Å². The van der Waals surface area contributed by atoms with Gasteiger partial charge in [-0.3, -0.25) is 4.79 Å². The lowest BCUT2D eigenvalue weighted by Crippen LogP contribution is -2.39. The number of thiophene rings is 1. The SMILES string of the molecule is CNC(=O)C1(C)CCN(c2ccc(C(=O)O)s2)C1. The van der Waals surface area contributed by atoms with Crippen molar-refractivity contribution in [3.8, 4) is 0 Å². The number of carbonyl (C=O) groups excluding carboxylic acids is 1. The van der Waals surface area contributed by atoms with Gasteiger partial charge >= 0.3 is 5.97 Å². The lowest BCUT2D eigenvalue weighted by Gasteiger charge is -2.22. The monoisotopic (exact) mass is 268 g/mol. The van der Waals surface area contributed by atoms with Crippen molar-refractivity contribution in [3.05, 3.63) is 17.0 Å². The minimum Gasteiger partial charge on any atom is -0.477 e. The fourth-order valence-electron chi connectivity index (χ4n) is 2.25. The molecule has 1 atom stereocenters. The molecule has 0 aliphatic carbocycles. The summed E-state index contributed by atoms with van der Waals surface area (Å²) in [6.07, 6.45) is 0.785. The van der Waals surface area contributed by atoms with E-state index in [1.807, 2.05) is 13.0 Å². The second-order valence-electron chi connectivity index (χ2n) is 4.75. The van der Waals surface area contributed by atoms with Crippen LogP contribution in [0.2, 0.25) is 0 Å². The van der Waals surface area contributed by atoms with E-state index in [1.54, 1.807) is 13.1 Å². The van der Waals surface area contributed by atoms with Gasteiger partial charge in [0.2, 0.25) is 5.91 Å². The summed E-state index contributed by atoms with van der Waals surface area (Å²) in [5, 5.41) is 12.5. The molecule has 1 amide bonds. The fourth-order valence-corrected chi connectivity index (χ4v) is 3.12. The Morgan fingerprint density at radius 1 is 1.50 bits per heavy atom. The molecule has 2 rings (SSSR count). The largest absolute Gasteiger partial charge is 0.477 e. The molecule has 1 aliphatic rings. The summed E-state index contributed by atoms with van der Waals surface area (Å²) < 4.78 is 0. The first-order valence-electron chi connectivity index (χ1n) is 5.76. The summed E-state index contributed by atoms with van der Waals surface area (Å²) >= 11 is 1.25. The Bertz CT molecular complexity index is 485. The molecule has 1 aliphatic heterocycles. The van der Waals surface area contributed by atoms with Gasteiger partial charge in [-0.05, 0) is 25.5 Å². The molecule has 0 bridgehead atoms. The summed E-state index contributed by atoms with van der Waals surface area (Å²) in [5.41, 5.74) is -0.387. The molecule has 6 heteroatoms. The lowest BCUT2D eigenvalue weighted by atomic mass is 9.89. The van der Waals surface area contributed by atoms with Crippen LogP contribution in [0.1, 0.15) is 23.0 Å². The number of anilines is 1. The van der Waals surface area contributed by atoms with Gasteiger partial charge in [-0.1, -0.05) is 0 Å². The molecule has 1 aromatic rings. The molecule has 1 unspecified atom stereocenters. The van der Waals surface area contributed by atoms with Gasteiger partial charge in [0.15, 0.2) is 0 Å². The van der Waals surface area contributed by atoms with Gasteiger partial charge in [0, 0.05) is 20.1 Å². The molecule has 5 nitrogen and oxygen atoms in total. The van der Waals surface area contributed by atoms with Crippen LogP contribution in [0.5, 0.6) is 0 Å². The standard InChI is InChI=1S/C12H16N2O3S/c1-12(11(17)13-2)5-6-14(7-12)9-4-3-8(18-9)10(15)16/h3-4H,5-7H2,1-2H3,(H,13,17)(H,15,16). The summed E-state index contributed by atoms with van der Waals surface area (Å²) in [7, 11) is 1.64. The first kappa shape index (κ1) is 12.9. The van der Waals surface area contributed by atoms with Crippen molar-refractivity contribution < 1.29 is 14.7 Å². The van der Waals surface area contributed by atoms with Crippen molar-refractivity contribution in [3.63, 3.8) is 0 Å². The highest BCUT2D eigenvalue weighted by atomic mass is 32.1. The number of carboxylic acids is 1. The highest BCUT2D eigenvalue weighted by Gasteiger charge is 2.40. The van der Waals surface area contributed by atoms with Crippen LogP contribution >= 0.6 is 11.3 Å². The Morgan fingerprint density at radius 2 is 2.22 bits per heavy atom. The number of amides is 1. The Morgan fingerprint density at radius 3 is 2.78 bits per heavy atom. The maximum Gasteiger partial charge on any atom is 0.345 e. The van der Waals surface area contributed by atoms with Crippen molar-refractivity contribution in [1.29, 1.82) is 0 Å². The van der Waals surface area contributed by atoms with Gasteiger partial charge in [-0.15, -0.1) is 11.3 Å². The van der Waals surface area contributed by atoms with E-state index >= 15 is 0 Å². The van der Waals surface area contributed by atoms with E-state index < -0.39 is 5.97 Å².